The van der Waals surface area contributed by atoms with Crippen LogP contribution in [0.4, 0.5) is 8.78 Å². The van der Waals surface area contributed by atoms with Gasteiger partial charge in [-0.3, -0.25) is 4.79 Å². The SMILES string of the molecule is CC(CO)(CC(F)F)NC(=O)c1cc2cc(C(=O)O)sc2s1. The van der Waals surface area contributed by atoms with Gasteiger partial charge in [0.2, 0.25) is 6.43 Å². The van der Waals surface area contributed by atoms with Gasteiger partial charge in [0.15, 0.2) is 0 Å². The number of hydrogen-bond acceptors (Lipinski definition) is 5. The molecule has 2 heterocycles. The van der Waals surface area contributed by atoms with Crippen molar-refractivity contribution in [3.8, 4) is 0 Å². The summed E-state index contributed by atoms with van der Waals surface area (Å²) < 4.78 is 25.7. The number of hydrogen-bond donors (Lipinski definition) is 3. The molecule has 0 saturated heterocycles. The van der Waals surface area contributed by atoms with Gasteiger partial charge in [0.25, 0.3) is 5.91 Å². The zero-order valence-electron chi connectivity index (χ0n) is 11.4. The number of carbonyl (C=O) groups excluding carboxylic acids is 1. The molecule has 0 radical (unpaired) electrons. The molecule has 3 N–H and O–H groups in total. The van der Waals surface area contributed by atoms with E-state index in [1.54, 1.807) is 0 Å². The molecule has 5 nitrogen and oxygen atoms in total. The Morgan fingerprint density at radius 1 is 1.32 bits per heavy atom. The van der Waals surface area contributed by atoms with Crippen molar-refractivity contribution < 1.29 is 28.6 Å². The average molecular weight is 349 g/mol. The van der Waals surface area contributed by atoms with Crippen LogP contribution in [0.1, 0.15) is 32.7 Å². The Bertz CT molecular complexity index is 681. The lowest BCUT2D eigenvalue weighted by Gasteiger charge is -2.28. The first kappa shape index (κ1) is 16.8. The van der Waals surface area contributed by atoms with Crippen LogP contribution in [0.15, 0.2) is 12.1 Å². The molecule has 0 bridgehead atoms. The van der Waals surface area contributed by atoms with E-state index in [0.717, 1.165) is 22.7 Å². The van der Waals surface area contributed by atoms with Gasteiger partial charge in [-0.2, -0.15) is 0 Å². The maximum atomic E-state index is 12.5. The number of amides is 1. The summed E-state index contributed by atoms with van der Waals surface area (Å²) in [5.74, 6) is -1.60. The number of alkyl halides is 2. The van der Waals surface area contributed by atoms with Crippen LogP contribution in [0.5, 0.6) is 0 Å². The van der Waals surface area contributed by atoms with Crippen LogP contribution >= 0.6 is 22.7 Å². The van der Waals surface area contributed by atoms with Crippen LogP contribution in [0, 0.1) is 0 Å². The molecule has 22 heavy (non-hydrogen) atoms. The number of fused-ring (bicyclic) bond motifs is 1. The molecule has 9 heteroatoms. The van der Waals surface area contributed by atoms with Crippen LogP contribution in [0.2, 0.25) is 0 Å². The molecule has 1 atom stereocenters. The molecule has 2 rings (SSSR count). The van der Waals surface area contributed by atoms with E-state index in [4.69, 9.17) is 5.11 Å². The van der Waals surface area contributed by atoms with Crippen LogP contribution in [-0.2, 0) is 0 Å². The van der Waals surface area contributed by atoms with Gasteiger partial charge in [-0.25, -0.2) is 13.6 Å². The van der Waals surface area contributed by atoms with E-state index in [9.17, 15) is 23.5 Å². The summed E-state index contributed by atoms with van der Waals surface area (Å²) in [4.78, 5) is 23.4. The van der Waals surface area contributed by atoms with Crippen molar-refractivity contribution >= 4 is 43.9 Å². The van der Waals surface area contributed by atoms with Gasteiger partial charge in [0, 0.05) is 11.8 Å². The van der Waals surface area contributed by atoms with Gasteiger partial charge in [-0.05, 0) is 19.1 Å². The minimum absolute atomic E-state index is 0.172. The van der Waals surface area contributed by atoms with Gasteiger partial charge < -0.3 is 15.5 Å². The van der Waals surface area contributed by atoms with Gasteiger partial charge in [0.05, 0.1) is 21.0 Å². The molecule has 0 aliphatic carbocycles. The van der Waals surface area contributed by atoms with E-state index in [2.05, 4.69) is 5.32 Å². The van der Waals surface area contributed by atoms with Crippen LogP contribution in [0.25, 0.3) is 9.40 Å². The molecule has 0 saturated carbocycles. The standard InChI is InChI=1S/C13H13F2NO4S2/c1-13(5-17,4-9(14)15)16-10(18)7-2-6-3-8(11(19)20)22-12(6)21-7/h2-3,9,17H,4-5H2,1H3,(H,16,18)(H,19,20). The first-order chi connectivity index (χ1) is 10.2. The number of nitrogens with one attached hydrogen (secondary N) is 1. The summed E-state index contributed by atoms with van der Waals surface area (Å²) in [7, 11) is 0. The fourth-order valence-corrected chi connectivity index (χ4v) is 4.07. The normalized spacial score (nSPS) is 14.2. The van der Waals surface area contributed by atoms with E-state index < -0.39 is 36.9 Å². The molecule has 0 fully saturated rings. The number of carbonyl (C=O) groups is 2. The highest BCUT2D eigenvalue weighted by Crippen LogP contribution is 2.33. The number of rotatable bonds is 6. The smallest absolute Gasteiger partial charge is 0.345 e. The topological polar surface area (TPSA) is 86.6 Å². The molecule has 0 aromatic carbocycles. The molecular formula is C13H13F2NO4S2. The van der Waals surface area contributed by atoms with Crippen LogP contribution in [-0.4, -0.2) is 40.7 Å². The van der Waals surface area contributed by atoms with Gasteiger partial charge in [-0.1, -0.05) is 0 Å². The maximum absolute atomic E-state index is 12.5. The minimum Gasteiger partial charge on any atom is -0.477 e. The van der Waals surface area contributed by atoms with Crippen molar-refractivity contribution in [2.75, 3.05) is 6.61 Å². The lowest BCUT2D eigenvalue weighted by molar-refractivity contribution is 0.0587. The highest BCUT2D eigenvalue weighted by atomic mass is 32.2. The van der Waals surface area contributed by atoms with Crippen molar-refractivity contribution in [3.63, 3.8) is 0 Å². The van der Waals surface area contributed by atoms with Crippen molar-refractivity contribution in [1.29, 1.82) is 0 Å². The van der Waals surface area contributed by atoms with Crippen molar-refractivity contribution in [1.82, 2.24) is 5.32 Å². The second-order valence-electron chi connectivity index (χ2n) is 5.04. The average Bonchev–Trinajstić information content (AvgIpc) is 2.95. The Kier molecular flexibility index (Phi) is 4.78. The predicted molar refractivity (Wildman–Crippen MR) is 80.2 cm³/mol. The monoisotopic (exact) mass is 349 g/mol. The van der Waals surface area contributed by atoms with Crippen LogP contribution < -0.4 is 5.32 Å². The van der Waals surface area contributed by atoms with Crippen molar-refractivity contribution in [2.24, 2.45) is 0 Å². The summed E-state index contributed by atoms with van der Waals surface area (Å²) in [6.07, 6.45) is -3.31. The number of carboxylic acids is 1. The number of aliphatic hydroxyl groups is 1. The first-order valence-electron chi connectivity index (χ1n) is 6.22. The third-order valence-electron chi connectivity index (χ3n) is 3.02. The van der Waals surface area contributed by atoms with Crippen molar-refractivity contribution in [3.05, 3.63) is 21.9 Å². The zero-order valence-corrected chi connectivity index (χ0v) is 13.1. The third kappa shape index (κ3) is 3.60. The molecule has 1 amide bonds. The van der Waals surface area contributed by atoms with E-state index >= 15 is 0 Å². The first-order valence-corrected chi connectivity index (χ1v) is 7.85. The Hall–Kier alpha value is -1.58. The molecule has 2 aromatic heterocycles. The molecule has 0 aliphatic rings. The van der Waals surface area contributed by atoms with Crippen LogP contribution in [0.3, 0.4) is 0 Å². The van der Waals surface area contributed by atoms with Gasteiger partial charge in [0.1, 0.15) is 4.88 Å². The lowest BCUT2D eigenvalue weighted by atomic mass is 9.99. The predicted octanol–water partition coefficient (Wildman–Crippen LogP) is 2.80. The van der Waals surface area contributed by atoms with E-state index in [1.807, 2.05) is 0 Å². The van der Waals surface area contributed by atoms with E-state index in [0.29, 0.717) is 9.40 Å². The molecule has 120 valence electrons. The molecule has 0 aliphatic heterocycles. The Morgan fingerprint density at radius 3 is 2.41 bits per heavy atom. The third-order valence-corrected chi connectivity index (χ3v) is 5.40. The summed E-state index contributed by atoms with van der Waals surface area (Å²) in [6.45, 7) is 0.738. The van der Waals surface area contributed by atoms with Gasteiger partial charge >= 0.3 is 5.97 Å². The summed E-state index contributed by atoms with van der Waals surface area (Å²) in [6, 6.07) is 2.97. The molecule has 0 spiro atoms. The summed E-state index contributed by atoms with van der Waals surface area (Å²) >= 11 is 2.14. The van der Waals surface area contributed by atoms with Gasteiger partial charge in [-0.15, -0.1) is 22.7 Å². The summed E-state index contributed by atoms with van der Waals surface area (Å²) in [5, 5.41) is 21.1. The Balaban J connectivity index is 2.18. The maximum Gasteiger partial charge on any atom is 0.345 e. The highest BCUT2D eigenvalue weighted by Gasteiger charge is 2.30. The minimum atomic E-state index is -2.65. The largest absolute Gasteiger partial charge is 0.477 e. The second kappa shape index (κ2) is 6.27. The Morgan fingerprint density at radius 2 is 1.91 bits per heavy atom. The molecular weight excluding hydrogens is 336 g/mol. The fraction of sp³-hybridized carbons (Fsp3) is 0.385. The van der Waals surface area contributed by atoms with E-state index in [-0.39, 0.29) is 9.75 Å². The number of aliphatic hydroxyl groups excluding tert-OH is 1. The number of halogens is 2. The second-order valence-corrected chi connectivity index (χ2v) is 7.40. The highest BCUT2D eigenvalue weighted by molar-refractivity contribution is 7.39. The molecule has 2 aromatic rings. The number of aromatic carboxylic acids is 1. The number of carboxylic acid groups (broad SMARTS) is 1. The Labute approximate surface area is 132 Å². The number of thiophene rings is 2. The van der Waals surface area contributed by atoms with E-state index in [1.165, 1.54) is 19.1 Å². The quantitative estimate of drug-likeness (QED) is 0.748. The summed E-state index contributed by atoms with van der Waals surface area (Å²) in [5.41, 5.74) is -1.41. The van der Waals surface area contributed by atoms with Crippen molar-refractivity contribution in [2.45, 2.75) is 25.3 Å². The fourth-order valence-electron chi connectivity index (χ4n) is 1.89. The molecule has 1 unspecified atom stereocenters. The zero-order chi connectivity index (χ0) is 16.5. The lowest BCUT2D eigenvalue weighted by Crippen LogP contribution is -2.50.